The Balaban J connectivity index is 1.56. The summed E-state index contributed by atoms with van der Waals surface area (Å²) in [5.41, 5.74) is 1.82. The summed E-state index contributed by atoms with van der Waals surface area (Å²) in [6.07, 6.45) is 2.34. The Morgan fingerprint density at radius 2 is 1.93 bits per heavy atom. The van der Waals surface area contributed by atoms with Gasteiger partial charge in [0.25, 0.3) is 0 Å². The zero-order valence-electron chi connectivity index (χ0n) is 17.4. The summed E-state index contributed by atoms with van der Waals surface area (Å²) in [6, 6.07) is 15.3. The van der Waals surface area contributed by atoms with Crippen molar-refractivity contribution in [3.63, 3.8) is 0 Å². The Labute approximate surface area is 181 Å². The summed E-state index contributed by atoms with van der Waals surface area (Å²) in [5, 5.41) is 3.61. The van der Waals surface area contributed by atoms with Gasteiger partial charge in [-0.05, 0) is 32.3 Å². The van der Waals surface area contributed by atoms with Crippen molar-refractivity contribution in [3.8, 4) is 17.1 Å². The van der Waals surface area contributed by atoms with E-state index in [0.717, 1.165) is 16.9 Å². The molecule has 1 N–H and O–H groups in total. The Bertz CT molecular complexity index is 987. The number of aryl methyl sites for hydroxylation is 1. The third-order valence-corrected chi connectivity index (χ3v) is 5.20. The van der Waals surface area contributed by atoms with Gasteiger partial charge in [-0.25, -0.2) is 4.98 Å². The number of likely N-dealkylation sites (N-methyl/N-ethyl adjacent to an activating group) is 1. The molecule has 0 spiro atoms. The fourth-order valence-corrected chi connectivity index (χ4v) is 3.47. The van der Waals surface area contributed by atoms with Gasteiger partial charge in [-0.3, -0.25) is 4.79 Å². The van der Waals surface area contributed by atoms with Crippen molar-refractivity contribution in [2.24, 2.45) is 0 Å². The van der Waals surface area contributed by atoms with E-state index in [1.54, 1.807) is 19.4 Å². The summed E-state index contributed by atoms with van der Waals surface area (Å²) in [7, 11) is 5.61. The van der Waals surface area contributed by atoms with E-state index in [1.807, 2.05) is 56.6 Å². The van der Waals surface area contributed by atoms with Gasteiger partial charge in [0, 0.05) is 30.5 Å². The quantitative estimate of drug-likeness (QED) is 0.549. The highest BCUT2D eigenvalue weighted by Crippen LogP contribution is 2.29. The van der Waals surface area contributed by atoms with Crippen LogP contribution in [0, 0.1) is 0 Å². The van der Waals surface area contributed by atoms with Crippen molar-refractivity contribution >= 4 is 17.5 Å². The molecule has 1 atom stereocenters. The summed E-state index contributed by atoms with van der Waals surface area (Å²) < 4.78 is 11.2. The molecule has 1 unspecified atom stereocenters. The minimum Gasteiger partial charge on any atom is -0.496 e. The number of hydrogen-bond donors (Lipinski definition) is 1. The highest BCUT2D eigenvalue weighted by atomic mass is 35.5. The van der Waals surface area contributed by atoms with Crippen molar-refractivity contribution < 1.29 is 13.9 Å². The normalized spacial score (nSPS) is 12.0. The van der Waals surface area contributed by atoms with E-state index in [0.29, 0.717) is 29.6 Å². The van der Waals surface area contributed by atoms with Crippen molar-refractivity contribution in [1.82, 2.24) is 15.2 Å². The number of nitrogens with one attached hydrogen (secondary N) is 1. The molecule has 30 heavy (non-hydrogen) atoms. The molecular weight excluding hydrogens is 402 g/mol. The van der Waals surface area contributed by atoms with Crippen LogP contribution in [0.15, 0.2) is 59.1 Å². The lowest BCUT2D eigenvalue weighted by Crippen LogP contribution is -2.34. The molecule has 6 nitrogen and oxygen atoms in total. The number of hydrogen-bond acceptors (Lipinski definition) is 5. The van der Waals surface area contributed by atoms with Crippen molar-refractivity contribution in [1.29, 1.82) is 0 Å². The zero-order valence-corrected chi connectivity index (χ0v) is 18.1. The largest absolute Gasteiger partial charge is 0.496 e. The molecule has 0 aliphatic rings. The van der Waals surface area contributed by atoms with E-state index in [9.17, 15) is 4.79 Å². The number of para-hydroxylation sites is 1. The molecule has 158 valence electrons. The average Bonchev–Trinajstić information content (AvgIpc) is 3.21. The number of halogens is 1. The van der Waals surface area contributed by atoms with Gasteiger partial charge in [0.1, 0.15) is 5.75 Å². The van der Waals surface area contributed by atoms with Crippen LogP contribution in [-0.2, 0) is 11.2 Å². The third-order valence-electron chi connectivity index (χ3n) is 4.87. The first-order valence-corrected chi connectivity index (χ1v) is 10.1. The van der Waals surface area contributed by atoms with Crippen LogP contribution in [0.3, 0.4) is 0 Å². The van der Waals surface area contributed by atoms with E-state index in [1.165, 1.54) is 0 Å². The first-order valence-electron chi connectivity index (χ1n) is 9.75. The molecule has 0 saturated carbocycles. The number of methoxy groups -OCH3 is 1. The molecule has 3 aromatic rings. The predicted molar refractivity (Wildman–Crippen MR) is 118 cm³/mol. The van der Waals surface area contributed by atoms with Crippen LogP contribution in [0.4, 0.5) is 0 Å². The van der Waals surface area contributed by atoms with Crippen LogP contribution in [0.5, 0.6) is 5.75 Å². The molecule has 1 aromatic heterocycles. The number of rotatable bonds is 9. The molecule has 1 amide bonds. The summed E-state index contributed by atoms with van der Waals surface area (Å²) in [5.74, 6) is 1.85. The molecule has 0 saturated heterocycles. The lowest BCUT2D eigenvalue weighted by molar-refractivity contribution is -0.121. The molecule has 0 fully saturated rings. The van der Waals surface area contributed by atoms with Gasteiger partial charge in [-0.2, -0.15) is 0 Å². The number of nitrogens with zero attached hydrogens (tertiary/aromatic N) is 2. The number of aromatic nitrogens is 1. The van der Waals surface area contributed by atoms with Crippen LogP contribution >= 0.6 is 11.6 Å². The van der Waals surface area contributed by atoms with Gasteiger partial charge < -0.3 is 19.4 Å². The van der Waals surface area contributed by atoms with Gasteiger partial charge in [0.05, 0.1) is 24.4 Å². The average molecular weight is 428 g/mol. The highest BCUT2D eigenvalue weighted by Gasteiger charge is 2.19. The van der Waals surface area contributed by atoms with Gasteiger partial charge in [0.15, 0.2) is 11.7 Å². The number of amides is 1. The molecule has 0 aliphatic heterocycles. The maximum atomic E-state index is 12.4. The monoisotopic (exact) mass is 427 g/mol. The fourth-order valence-electron chi connectivity index (χ4n) is 3.24. The lowest BCUT2D eigenvalue weighted by Gasteiger charge is -2.26. The molecule has 7 heteroatoms. The summed E-state index contributed by atoms with van der Waals surface area (Å²) in [4.78, 5) is 18.7. The minimum absolute atomic E-state index is 0.00124. The molecule has 0 aliphatic carbocycles. The Morgan fingerprint density at radius 3 is 2.67 bits per heavy atom. The Kier molecular flexibility index (Phi) is 7.49. The molecule has 1 heterocycles. The summed E-state index contributed by atoms with van der Waals surface area (Å²) in [6.45, 7) is 0.475. The molecule has 2 aromatic carbocycles. The van der Waals surface area contributed by atoms with Crippen molar-refractivity contribution in [2.45, 2.75) is 18.9 Å². The first kappa shape index (κ1) is 21.9. The summed E-state index contributed by atoms with van der Waals surface area (Å²) >= 11 is 6.20. The van der Waals surface area contributed by atoms with Crippen LogP contribution in [0.2, 0.25) is 5.02 Å². The standard InChI is InChI=1S/C23H26ClN3O3/c1-27(2)19(17-9-5-7-11-20(17)29-3)14-25-22(28)12-13-23-26-15-21(30-23)16-8-4-6-10-18(16)24/h4-11,15,19H,12-14H2,1-3H3,(H,25,28). The second-order valence-corrected chi connectivity index (χ2v) is 7.53. The number of oxazole rings is 1. The Hall–Kier alpha value is -2.83. The second-order valence-electron chi connectivity index (χ2n) is 7.12. The fraction of sp³-hybridized carbons (Fsp3) is 0.304. The zero-order chi connectivity index (χ0) is 21.5. The molecule has 3 rings (SSSR count). The van der Waals surface area contributed by atoms with E-state index < -0.39 is 0 Å². The first-order chi connectivity index (χ1) is 14.5. The number of carbonyl (C=O) groups is 1. The van der Waals surface area contributed by atoms with Gasteiger partial charge in [-0.1, -0.05) is 41.9 Å². The van der Waals surface area contributed by atoms with Crippen molar-refractivity contribution in [2.75, 3.05) is 27.7 Å². The van der Waals surface area contributed by atoms with E-state index in [-0.39, 0.29) is 18.4 Å². The van der Waals surface area contributed by atoms with Gasteiger partial charge in [-0.15, -0.1) is 0 Å². The van der Waals surface area contributed by atoms with Gasteiger partial charge in [0.2, 0.25) is 5.91 Å². The Morgan fingerprint density at radius 1 is 1.20 bits per heavy atom. The van der Waals surface area contributed by atoms with Crippen LogP contribution in [-0.4, -0.2) is 43.5 Å². The molecular formula is C23H26ClN3O3. The van der Waals surface area contributed by atoms with Crippen molar-refractivity contribution in [3.05, 3.63) is 71.2 Å². The van der Waals surface area contributed by atoms with Gasteiger partial charge >= 0.3 is 0 Å². The van der Waals surface area contributed by atoms with Crippen LogP contribution in [0.25, 0.3) is 11.3 Å². The maximum absolute atomic E-state index is 12.4. The number of ether oxygens (including phenoxy) is 1. The van der Waals surface area contributed by atoms with E-state index in [2.05, 4.69) is 15.2 Å². The smallest absolute Gasteiger partial charge is 0.220 e. The van der Waals surface area contributed by atoms with Crippen LogP contribution in [0.1, 0.15) is 23.9 Å². The topological polar surface area (TPSA) is 67.6 Å². The highest BCUT2D eigenvalue weighted by molar-refractivity contribution is 6.33. The molecule has 0 radical (unpaired) electrons. The third kappa shape index (κ3) is 5.40. The van der Waals surface area contributed by atoms with E-state index in [4.69, 9.17) is 20.8 Å². The SMILES string of the molecule is COc1ccccc1C(CNC(=O)CCc1ncc(-c2ccccc2Cl)o1)N(C)C. The maximum Gasteiger partial charge on any atom is 0.220 e. The van der Waals surface area contributed by atoms with Crippen LogP contribution < -0.4 is 10.1 Å². The number of benzene rings is 2. The molecule has 0 bridgehead atoms. The lowest BCUT2D eigenvalue weighted by atomic mass is 10.0. The second kappa shape index (κ2) is 10.3. The van der Waals surface area contributed by atoms with E-state index >= 15 is 0 Å². The minimum atomic E-state index is -0.0609. The predicted octanol–water partition coefficient (Wildman–Crippen LogP) is 4.36. The number of carbonyl (C=O) groups excluding carboxylic acids is 1.